The Morgan fingerprint density at radius 2 is 2.27 bits per heavy atom. The molecule has 0 saturated heterocycles. The summed E-state index contributed by atoms with van der Waals surface area (Å²) >= 11 is 3.26. The molecule has 0 saturated carbocycles. The highest BCUT2D eigenvalue weighted by atomic mass is 79.9. The molecule has 0 aliphatic carbocycles. The average molecular weight is 215 g/mol. The minimum Gasteiger partial charge on any atom is -0.237 e. The average Bonchev–Trinajstić information content (AvgIpc) is 2.32. The van der Waals surface area contributed by atoms with Crippen LogP contribution in [0.5, 0.6) is 0 Å². The van der Waals surface area contributed by atoms with Crippen molar-refractivity contribution >= 4 is 21.4 Å². The monoisotopic (exact) mass is 214 g/mol. The van der Waals surface area contributed by atoms with Crippen molar-refractivity contribution in [3.8, 4) is 0 Å². The van der Waals surface area contributed by atoms with Gasteiger partial charge in [0.1, 0.15) is 5.52 Å². The predicted molar refractivity (Wildman–Crippen MR) is 42.9 cm³/mol. The minimum absolute atomic E-state index is 0.294. The third-order valence-corrected chi connectivity index (χ3v) is 1.90. The molecule has 2 nitrogen and oxygen atoms in total. The first-order chi connectivity index (χ1) is 5.27. The van der Waals surface area contributed by atoms with E-state index in [-0.39, 0.29) is 5.82 Å². The summed E-state index contributed by atoms with van der Waals surface area (Å²) in [6, 6.07) is 3.45. The molecule has 2 rings (SSSR count). The van der Waals surface area contributed by atoms with Crippen LogP contribution in [0.25, 0.3) is 5.52 Å². The summed E-state index contributed by atoms with van der Waals surface area (Å²) in [5, 5.41) is 3.79. The lowest BCUT2D eigenvalue weighted by Crippen LogP contribution is -1.84. The van der Waals surface area contributed by atoms with Gasteiger partial charge in [-0.25, -0.2) is 8.91 Å². The number of halogens is 2. The Bertz CT molecular complexity index is 396. The molecule has 11 heavy (non-hydrogen) atoms. The van der Waals surface area contributed by atoms with E-state index in [0.29, 0.717) is 5.52 Å². The highest BCUT2D eigenvalue weighted by Gasteiger charge is 2.00. The van der Waals surface area contributed by atoms with Crippen molar-refractivity contribution in [2.45, 2.75) is 0 Å². The molecule has 0 fully saturated rings. The summed E-state index contributed by atoms with van der Waals surface area (Å²) in [4.78, 5) is 0. The van der Waals surface area contributed by atoms with Crippen LogP contribution in [0.1, 0.15) is 0 Å². The highest BCUT2D eigenvalue weighted by Crippen LogP contribution is 2.13. The summed E-state index contributed by atoms with van der Waals surface area (Å²) < 4.78 is 15.1. The second-order valence-electron chi connectivity index (χ2n) is 2.17. The third kappa shape index (κ3) is 1.03. The van der Waals surface area contributed by atoms with Crippen LogP contribution in [-0.2, 0) is 0 Å². The Labute approximate surface area is 70.8 Å². The van der Waals surface area contributed by atoms with Gasteiger partial charge < -0.3 is 0 Å². The molecule has 0 spiro atoms. The van der Waals surface area contributed by atoms with Gasteiger partial charge in [-0.2, -0.15) is 5.10 Å². The van der Waals surface area contributed by atoms with Gasteiger partial charge in [-0.3, -0.25) is 0 Å². The van der Waals surface area contributed by atoms with E-state index in [4.69, 9.17) is 0 Å². The maximum Gasteiger partial charge on any atom is 0.168 e. The maximum atomic E-state index is 12.8. The first-order valence-electron chi connectivity index (χ1n) is 3.06. The Balaban J connectivity index is 2.86. The molecule has 0 aromatic carbocycles. The molecule has 0 aliphatic rings. The molecule has 0 atom stereocenters. The second kappa shape index (κ2) is 2.30. The van der Waals surface area contributed by atoms with Crippen LogP contribution in [-0.4, -0.2) is 9.61 Å². The molecule has 0 aliphatic heterocycles. The first kappa shape index (κ1) is 6.79. The van der Waals surface area contributed by atoms with Gasteiger partial charge in [0.2, 0.25) is 0 Å². The van der Waals surface area contributed by atoms with Crippen LogP contribution in [0.4, 0.5) is 4.39 Å². The number of rotatable bonds is 0. The van der Waals surface area contributed by atoms with E-state index in [2.05, 4.69) is 21.0 Å². The van der Waals surface area contributed by atoms with Crippen LogP contribution < -0.4 is 0 Å². The minimum atomic E-state index is -0.294. The Morgan fingerprint density at radius 3 is 3.09 bits per heavy atom. The van der Waals surface area contributed by atoms with Gasteiger partial charge in [0.25, 0.3) is 0 Å². The van der Waals surface area contributed by atoms with Crippen LogP contribution in [0, 0.1) is 5.82 Å². The number of aromatic nitrogens is 2. The number of nitrogens with zero attached hydrogens (tertiary/aromatic N) is 2. The molecule has 2 heterocycles. The normalized spacial score (nSPS) is 10.7. The standard InChI is InChI=1S/C7H4BrFN2/c8-5-1-2-7-6(9)3-10-11(7)4-5/h1-4H. The van der Waals surface area contributed by atoms with Crippen LogP contribution in [0.2, 0.25) is 0 Å². The van der Waals surface area contributed by atoms with Crippen molar-refractivity contribution in [3.63, 3.8) is 0 Å². The number of pyridine rings is 1. The van der Waals surface area contributed by atoms with E-state index in [1.807, 2.05) is 0 Å². The largest absolute Gasteiger partial charge is 0.237 e. The zero-order valence-corrected chi connectivity index (χ0v) is 7.05. The van der Waals surface area contributed by atoms with Crippen LogP contribution in [0.15, 0.2) is 29.0 Å². The highest BCUT2D eigenvalue weighted by molar-refractivity contribution is 9.10. The number of hydrogen-bond donors (Lipinski definition) is 0. The van der Waals surface area contributed by atoms with E-state index in [1.165, 1.54) is 10.7 Å². The van der Waals surface area contributed by atoms with Gasteiger partial charge in [0, 0.05) is 10.7 Å². The Hall–Kier alpha value is -0.900. The zero-order chi connectivity index (χ0) is 7.84. The van der Waals surface area contributed by atoms with E-state index < -0.39 is 0 Å². The van der Waals surface area contributed by atoms with Gasteiger partial charge in [-0.15, -0.1) is 0 Å². The molecule has 56 valence electrons. The van der Waals surface area contributed by atoms with Crippen molar-refractivity contribution in [3.05, 3.63) is 34.8 Å². The molecule has 0 bridgehead atoms. The van der Waals surface area contributed by atoms with Gasteiger partial charge in [0.15, 0.2) is 5.82 Å². The zero-order valence-electron chi connectivity index (χ0n) is 5.46. The molecule has 0 amide bonds. The molecule has 2 aromatic heterocycles. The van der Waals surface area contributed by atoms with Crippen molar-refractivity contribution in [2.24, 2.45) is 0 Å². The van der Waals surface area contributed by atoms with Crippen molar-refractivity contribution in [1.82, 2.24) is 9.61 Å². The summed E-state index contributed by atoms with van der Waals surface area (Å²) in [6.07, 6.45) is 2.90. The van der Waals surface area contributed by atoms with Crippen molar-refractivity contribution in [2.75, 3.05) is 0 Å². The van der Waals surface area contributed by atoms with Gasteiger partial charge >= 0.3 is 0 Å². The van der Waals surface area contributed by atoms with Crippen LogP contribution in [0.3, 0.4) is 0 Å². The SMILES string of the molecule is Fc1cnn2cc(Br)ccc12. The number of fused-ring (bicyclic) bond motifs is 1. The lowest BCUT2D eigenvalue weighted by Gasteiger charge is -1.92. The molecule has 0 unspecified atom stereocenters. The molecule has 0 N–H and O–H groups in total. The summed E-state index contributed by atoms with van der Waals surface area (Å²) in [7, 11) is 0. The molecule has 2 aromatic rings. The molecule has 0 radical (unpaired) electrons. The molecule has 4 heteroatoms. The van der Waals surface area contributed by atoms with Crippen molar-refractivity contribution < 1.29 is 4.39 Å². The predicted octanol–water partition coefficient (Wildman–Crippen LogP) is 2.24. The molecular formula is C7H4BrFN2. The fourth-order valence-corrected chi connectivity index (χ4v) is 1.25. The summed E-state index contributed by atoms with van der Waals surface area (Å²) in [5.41, 5.74) is 0.494. The van der Waals surface area contributed by atoms with Gasteiger partial charge in [0.05, 0.1) is 6.20 Å². The quantitative estimate of drug-likeness (QED) is 0.658. The Morgan fingerprint density at radius 1 is 1.45 bits per heavy atom. The van der Waals surface area contributed by atoms with Gasteiger partial charge in [-0.05, 0) is 28.1 Å². The smallest absolute Gasteiger partial charge is 0.168 e. The van der Waals surface area contributed by atoms with E-state index >= 15 is 0 Å². The van der Waals surface area contributed by atoms with E-state index in [1.54, 1.807) is 18.3 Å². The lowest BCUT2D eigenvalue weighted by molar-refractivity contribution is 0.639. The summed E-state index contributed by atoms with van der Waals surface area (Å²) in [5.74, 6) is -0.294. The fourth-order valence-electron chi connectivity index (χ4n) is 0.928. The Kier molecular flexibility index (Phi) is 1.42. The van der Waals surface area contributed by atoms with Crippen LogP contribution >= 0.6 is 15.9 Å². The maximum absolute atomic E-state index is 12.8. The topological polar surface area (TPSA) is 17.3 Å². The second-order valence-corrected chi connectivity index (χ2v) is 3.09. The summed E-state index contributed by atoms with van der Waals surface area (Å²) in [6.45, 7) is 0. The van der Waals surface area contributed by atoms with Gasteiger partial charge in [-0.1, -0.05) is 0 Å². The first-order valence-corrected chi connectivity index (χ1v) is 3.85. The van der Waals surface area contributed by atoms with Crippen molar-refractivity contribution in [1.29, 1.82) is 0 Å². The fraction of sp³-hybridized carbons (Fsp3) is 0. The molecular weight excluding hydrogens is 211 g/mol. The third-order valence-electron chi connectivity index (χ3n) is 1.43. The lowest BCUT2D eigenvalue weighted by atomic mass is 10.4. The number of hydrogen-bond acceptors (Lipinski definition) is 1. The van der Waals surface area contributed by atoms with E-state index in [9.17, 15) is 4.39 Å². The van der Waals surface area contributed by atoms with E-state index in [0.717, 1.165) is 4.47 Å².